The molecule has 76 valence electrons. The number of hydrogen-bond donors (Lipinski definition) is 3. The Hall–Kier alpha value is -0.610. The largest absolute Gasteiger partial charge is 0.396 e. The van der Waals surface area contributed by atoms with Crippen LogP contribution in [0.4, 0.5) is 0 Å². The molecule has 1 heterocycles. The Morgan fingerprint density at radius 1 is 1.77 bits per heavy atom. The fourth-order valence-electron chi connectivity index (χ4n) is 1.83. The molecule has 2 atom stereocenters. The molecule has 0 spiro atoms. The number of aliphatic hydroxyl groups excluding tert-OH is 1. The highest BCUT2D eigenvalue weighted by Crippen LogP contribution is 2.20. The number of nitrogens with two attached hydrogens (primary N) is 1. The first-order valence-corrected chi connectivity index (χ1v) is 4.84. The van der Waals surface area contributed by atoms with Crippen molar-refractivity contribution in [1.82, 2.24) is 4.90 Å². The first kappa shape index (κ1) is 10.5. The zero-order chi connectivity index (χ0) is 9.84. The van der Waals surface area contributed by atoms with Gasteiger partial charge in [-0.2, -0.15) is 0 Å². The molecule has 0 aromatic heterocycles. The predicted molar refractivity (Wildman–Crippen MR) is 52.8 cm³/mol. The van der Waals surface area contributed by atoms with Gasteiger partial charge < -0.3 is 10.8 Å². The Morgan fingerprint density at radius 3 is 3.00 bits per heavy atom. The number of nitrogens with one attached hydrogen (secondary N) is 1. The van der Waals surface area contributed by atoms with E-state index >= 15 is 0 Å². The van der Waals surface area contributed by atoms with Crippen LogP contribution in [0.15, 0.2) is 0 Å². The average Bonchev–Trinajstić information content (AvgIpc) is 2.52. The molecule has 1 fully saturated rings. The third kappa shape index (κ3) is 2.67. The summed E-state index contributed by atoms with van der Waals surface area (Å²) in [6, 6.07) is 0.0590. The Morgan fingerprint density at radius 2 is 2.46 bits per heavy atom. The molecular weight excluding hydrogens is 166 g/mol. The first-order chi connectivity index (χ1) is 6.15. The average molecular weight is 185 g/mol. The second-order valence-electron chi connectivity index (χ2n) is 3.79. The number of nitrogens with zero attached hydrogens (tertiary/aromatic N) is 1. The van der Waals surface area contributed by atoms with E-state index in [-0.39, 0.29) is 18.5 Å². The van der Waals surface area contributed by atoms with Crippen molar-refractivity contribution in [1.29, 1.82) is 5.41 Å². The summed E-state index contributed by atoms with van der Waals surface area (Å²) >= 11 is 0. The smallest absolute Gasteiger partial charge is 0.108 e. The molecule has 1 aliphatic heterocycles. The van der Waals surface area contributed by atoms with Crippen LogP contribution in [-0.4, -0.2) is 41.6 Å². The molecule has 0 radical (unpaired) electrons. The van der Waals surface area contributed by atoms with E-state index in [1.807, 2.05) is 6.92 Å². The van der Waals surface area contributed by atoms with Gasteiger partial charge in [0.25, 0.3) is 0 Å². The lowest BCUT2D eigenvalue weighted by atomic mass is 10.1. The van der Waals surface area contributed by atoms with Crippen LogP contribution < -0.4 is 5.73 Å². The summed E-state index contributed by atoms with van der Waals surface area (Å²) in [7, 11) is 0. The standard InChI is InChI=1S/C9H19N3O/c1-7(9(10)11)12-4-2-8(6-12)3-5-13/h7-8,13H,2-6H2,1H3,(H3,10,11). The summed E-state index contributed by atoms with van der Waals surface area (Å²) in [5.74, 6) is 0.830. The Balaban J connectivity index is 2.36. The molecule has 0 bridgehead atoms. The van der Waals surface area contributed by atoms with Crippen molar-refractivity contribution < 1.29 is 5.11 Å². The van der Waals surface area contributed by atoms with Gasteiger partial charge in [-0.25, -0.2) is 0 Å². The summed E-state index contributed by atoms with van der Waals surface area (Å²) in [6.07, 6.45) is 2.00. The maximum absolute atomic E-state index is 8.78. The van der Waals surface area contributed by atoms with Gasteiger partial charge in [0.2, 0.25) is 0 Å². The van der Waals surface area contributed by atoms with Crippen molar-refractivity contribution in [3.63, 3.8) is 0 Å². The van der Waals surface area contributed by atoms with E-state index in [0.717, 1.165) is 25.9 Å². The summed E-state index contributed by atoms with van der Waals surface area (Å²) in [5.41, 5.74) is 5.43. The van der Waals surface area contributed by atoms with E-state index in [1.165, 1.54) is 0 Å². The van der Waals surface area contributed by atoms with Crippen molar-refractivity contribution in [3.8, 4) is 0 Å². The number of rotatable bonds is 4. The molecule has 2 unspecified atom stereocenters. The second kappa shape index (κ2) is 4.58. The highest BCUT2D eigenvalue weighted by molar-refractivity contribution is 5.82. The Bertz CT molecular complexity index is 184. The molecule has 0 aromatic carbocycles. The lowest BCUT2D eigenvalue weighted by Gasteiger charge is -2.22. The van der Waals surface area contributed by atoms with Crippen LogP contribution in [0.1, 0.15) is 19.8 Å². The zero-order valence-corrected chi connectivity index (χ0v) is 8.16. The number of aliphatic hydroxyl groups is 1. The van der Waals surface area contributed by atoms with Gasteiger partial charge in [-0.05, 0) is 32.2 Å². The van der Waals surface area contributed by atoms with Gasteiger partial charge >= 0.3 is 0 Å². The molecule has 0 aliphatic carbocycles. The predicted octanol–water partition coefficient (Wildman–Crippen LogP) is 0.0152. The van der Waals surface area contributed by atoms with Gasteiger partial charge in [-0.15, -0.1) is 0 Å². The van der Waals surface area contributed by atoms with Crippen molar-refractivity contribution in [3.05, 3.63) is 0 Å². The summed E-state index contributed by atoms with van der Waals surface area (Å²) in [5, 5.41) is 16.1. The van der Waals surface area contributed by atoms with Crippen LogP contribution in [0.5, 0.6) is 0 Å². The Kier molecular flexibility index (Phi) is 3.69. The van der Waals surface area contributed by atoms with Crippen molar-refractivity contribution in [2.45, 2.75) is 25.8 Å². The van der Waals surface area contributed by atoms with Gasteiger partial charge in [0, 0.05) is 13.2 Å². The van der Waals surface area contributed by atoms with Crippen molar-refractivity contribution >= 4 is 5.84 Å². The van der Waals surface area contributed by atoms with Gasteiger partial charge in [-0.3, -0.25) is 10.3 Å². The van der Waals surface area contributed by atoms with Gasteiger partial charge in [0.1, 0.15) is 5.84 Å². The second-order valence-corrected chi connectivity index (χ2v) is 3.79. The molecule has 0 aromatic rings. The highest BCUT2D eigenvalue weighted by Gasteiger charge is 2.26. The van der Waals surface area contributed by atoms with E-state index in [0.29, 0.717) is 5.92 Å². The minimum Gasteiger partial charge on any atom is -0.396 e. The number of likely N-dealkylation sites (tertiary alicyclic amines) is 1. The minimum atomic E-state index is 0.0590. The fourth-order valence-corrected chi connectivity index (χ4v) is 1.83. The van der Waals surface area contributed by atoms with E-state index < -0.39 is 0 Å². The SMILES string of the molecule is CC(C(=N)N)N1CCC(CCO)C1. The van der Waals surface area contributed by atoms with Gasteiger partial charge in [-0.1, -0.05) is 0 Å². The Labute approximate surface area is 79.2 Å². The quantitative estimate of drug-likeness (QED) is 0.427. The van der Waals surface area contributed by atoms with Crippen LogP contribution in [0.3, 0.4) is 0 Å². The molecular formula is C9H19N3O. The fraction of sp³-hybridized carbons (Fsp3) is 0.889. The lowest BCUT2D eigenvalue weighted by Crippen LogP contribution is -2.40. The van der Waals surface area contributed by atoms with Crippen LogP contribution in [-0.2, 0) is 0 Å². The van der Waals surface area contributed by atoms with Crippen LogP contribution in [0, 0.1) is 11.3 Å². The van der Waals surface area contributed by atoms with Gasteiger partial charge in [0.15, 0.2) is 0 Å². The third-order valence-corrected chi connectivity index (χ3v) is 2.85. The molecule has 1 rings (SSSR count). The summed E-state index contributed by atoms with van der Waals surface area (Å²) < 4.78 is 0. The minimum absolute atomic E-state index is 0.0590. The number of amidine groups is 1. The summed E-state index contributed by atoms with van der Waals surface area (Å²) in [4.78, 5) is 2.21. The molecule has 1 saturated heterocycles. The van der Waals surface area contributed by atoms with Crippen molar-refractivity contribution in [2.75, 3.05) is 19.7 Å². The monoisotopic (exact) mass is 185 g/mol. The highest BCUT2D eigenvalue weighted by atomic mass is 16.3. The zero-order valence-electron chi connectivity index (χ0n) is 8.16. The summed E-state index contributed by atoms with van der Waals surface area (Å²) in [6.45, 7) is 4.21. The molecule has 4 heteroatoms. The molecule has 1 aliphatic rings. The lowest BCUT2D eigenvalue weighted by molar-refractivity contribution is 0.246. The maximum atomic E-state index is 8.78. The van der Waals surface area contributed by atoms with E-state index in [2.05, 4.69) is 4.90 Å². The molecule has 0 amide bonds. The third-order valence-electron chi connectivity index (χ3n) is 2.85. The van der Waals surface area contributed by atoms with Crippen LogP contribution in [0.2, 0.25) is 0 Å². The van der Waals surface area contributed by atoms with E-state index in [1.54, 1.807) is 0 Å². The topological polar surface area (TPSA) is 73.3 Å². The maximum Gasteiger partial charge on any atom is 0.108 e. The van der Waals surface area contributed by atoms with Gasteiger partial charge in [0.05, 0.1) is 6.04 Å². The normalized spacial score (nSPS) is 26.2. The number of hydrogen-bond acceptors (Lipinski definition) is 3. The van der Waals surface area contributed by atoms with Crippen molar-refractivity contribution in [2.24, 2.45) is 11.7 Å². The van der Waals surface area contributed by atoms with Crippen LogP contribution >= 0.6 is 0 Å². The molecule has 13 heavy (non-hydrogen) atoms. The first-order valence-electron chi connectivity index (χ1n) is 4.84. The molecule has 4 nitrogen and oxygen atoms in total. The van der Waals surface area contributed by atoms with E-state index in [4.69, 9.17) is 16.2 Å². The molecule has 4 N–H and O–H groups in total. The van der Waals surface area contributed by atoms with Crippen LogP contribution in [0.25, 0.3) is 0 Å². The molecule has 0 saturated carbocycles. The van der Waals surface area contributed by atoms with E-state index in [9.17, 15) is 0 Å².